The first-order valence-electron chi connectivity index (χ1n) is 15.4. The predicted molar refractivity (Wildman–Crippen MR) is 172 cm³/mol. The zero-order valence-corrected chi connectivity index (χ0v) is 27.2. The van der Waals surface area contributed by atoms with Crippen molar-refractivity contribution in [3.05, 3.63) is 86.9 Å². The zero-order chi connectivity index (χ0) is 30.1. The number of hydrogen-bond acceptors (Lipinski definition) is 4. The van der Waals surface area contributed by atoms with Crippen LogP contribution in [-0.2, 0) is 24.2 Å². The number of hydrogen-bond donors (Lipinski definition) is 1. The van der Waals surface area contributed by atoms with Crippen LogP contribution in [0.4, 0.5) is 4.79 Å². The molecular formula is C33H40BrClN6O2. The van der Waals surface area contributed by atoms with E-state index in [0.29, 0.717) is 32.1 Å². The van der Waals surface area contributed by atoms with Gasteiger partial charge in [-0.3, -0.25) is 14.7 Å². The fourth-order valence-corrected chi connectivity index (χ4v) is 7.59. The summed E-state index contributed by atoms with van der Waals surface area (Å²) in [7, 11) is 0. The largest absolute Gasteiger partial charge is 0.354 e. The van der Waals surface area contributed by atoms with Crippen molar-refractivity contribution in [1.82, 2.24) is 29.6 Å². The quantitative estimate of drug-likeness (QED) is 0.389. The van der Waals surface area contributed by atoms with Crippen LogP contribution < -0.4 is 5.32 Å². The third-order valence-corrected chi connectivity index (χ3v) is 9.66. The maximum Gasteiger partial charge on any atom is 0.318 e. The average molecular weight is 668 g/mol. The SMILES string of the molecule is CC(C)NC(=O)N1CCN([C@@H]2c3ccc(Cl)cc3CCc3cc(Br)cnc32)C[C@@H]1C(=O)N1CCC[C@@H](Cn2cccc2)C1. The third kappa shape index (κ3) is 6.64. The Morgan fingerprint density at radius 2 is 1.86 bits per heavy atom. The summed E-state index contributed by atoms with van der Waals surface area (Å²) in [5, 5.41) is 3.77. The molecule has 0 radical (unpaired) electrons. The molecule has 1 aromatic carbocycles. The van der Waals surface area contributed by atoms with Gasteiger partial charge in [0.05, 0.1) is 11.7 Å². The van der Waals surface area contributed by atoms with Crippen LogP contribution in [0.5, 0.6) is 0 Å². The number of carbonyl (C=O) groups excluding carboxylic acids is 2. The molecule has 2 aromatic heterocycles. The Morgan fingerprint density at radius 1 is 1.07 bits per heavy atom. The number of rotatable bonds is 5. The van der Waals surface area contributed by atoms with Crippen molar-refractivity contribution in [3.8, 4) is 0 Å². The minimum atomic E-state index is -0.587. The molecule has 6 rings (SSSR count). The fourth-order valence-electron chi connectivity index (χ4n) is 7.02. The smallest absolute Gasteiger partial charge is 0.318 e. The van der Waals surface area contributed by atoms with E-state index in [1.165, 1.54) is 16.7 Å². The van der Waals surface area contributed by atoms with Gasteiger partial charge in [0, 0.05) is 73.4 Å². The van der Waals surface area contributed by atoms with E-state index in [2.05, 4.69) is 61.3 Å². The number of urea groups is 1. The van der Waals surface area contributed by atoms with Gasteiger partial charge in [0.2, 0.25) is 5.91 Å². The molecule has 0 bridgehead atoms. The highest BCUT2D eigenvalue weighted by molar-refractivity contribution is 9.10. The van der Waals surface area contributed by atoms with Gasteiger partial charge in [-0.2, -0.15) is 0 Å². The number of halogens is 2. The molecule has 1 aliphatic carbocycles. The van der Waals surface area contributed by atoms with Crippen LogP contribution in [0, 0.1) is 5.92 Å². The Labute approximate surface area is 267 Å². The Bertz CT molecular complexity index is 1410. The number of nitrogens with one attached hydrogen (secondary N) is 1. The van der Waals surface area contributed by atoms with Crippen LogP contribution in [0.3, 0.4) is 0 Å². The van der Waals surface area contributed by atoms with E-state index in [9.17, 15) is 9.59 Å². The van der Waals surface area contributed by atoms with Crippen LogP contribution in [0.15, 0.2) is 59.5 Å². The Kier molecular flexibility index (Phi) is 9.12. The van der Waals surface area contributed by atoms with E-state index in [4.69, 9.17) is 16.6 Å². The predicted octanol–water partition coefficient (Wildman–Crippen LogP) is 5.53. The van der Waals surface area contributed by atoms with Crippen molar-refractivity contribution in [2.75, 3.05) is 32.7 Å². The molecule has 3 atom stereocenters. The summed E-state index contributed by atoms with van der Waals surface area (Å²) in [4.78, 5) is 39.0. The molecule has 3 aliphatic rings. The fraction of sp³-hybridized carbons (Fsp3) is 0.485. The Balaban J connectivity index is 1.32. The van der Waals surface area contributed by atoms with Crippen LogP contribution >= 0.6 is 27.5 Å². The van der Waals surface area contributed by atoms with E-state index < -0.39 is 6.04 Å². The third-order valence-electron chi connectivity index (χ3n) is 8.99. The number of benzene rings is 1. The summed E-state index contributed by atoms with van der Waals surface area (Å²) in [5.41, 5.74) is 4.59. The lowest BCUT2D eigenvalue weighted by Gasteiger charge is -2.46. The van der Waals surface area contributed by atoms with Crippen LogP contribution in [0.25, 0.3) is 0 Å². The maximum atomic E-state index is 14.4. The zero-order valence-electron chi connectivity index (χ0n) is 24.9. The van der Waals surface area contributed by atoms with Gasteiger partial charge in [0.15, 0.2) is 0 Å². The molecule has 43 heavy (non-hydrogen) atoms. The normalized spacial score (nSPS) is 22.6. The number of aryl methyl sites for hydroxylation is 2. The van der Waals surface area contributed by atoms with Gasteiger partial charge in [-0.25, -0.2) is 4.79 Å². The lowest BCUT2D eigenvalue weighted by Crippen LogP contribution is -2.64. The number of piperidine rings is 1. The summed E-state index contributed by atoms with van der Waals surface area (Å²) in [5.74, 6) is 0.422. The second kappa shape index (κ2) is 13.0. The maximum absolute atomic E-state index is 14.4. The number of piperazine rings is 1. The topological polar surface area (TPSA) is 73.7 Å². The second-order valence-electron chi connectivity index (χ2n) is 12.4. The van der Waals surface area contributed by atoms with Gasteiger partial charge in [-0.05, 0) is 108 Å². The summed E-state index contributed by atoms with van der Waals surface area (Å²) >= 11 is 10.1. The second-order valence-corrected chi connectivity index (χ2v) is 13.8. The van der Waals surface area contributed by atoms with E-state index in [1.807, 2.05) is 43.1 Å². The monoisotopic (exact) mass is 666 g/mol. The number of nitrogens with zero attached hydrogens (tertiary/aromatic N) is 5. The number of likely N-dealkylation sites (tertiary alicyclic amines) is 1. The Hall–Kier alpha value is -2.88. The highest BCUT2D eigenvalue weighted by Gasteiger charge is 2.42. The molecule has 2 fully saturated rings. The van der Waals surface area contributed by atoms with Crippen LogP contribution in [-0.4, -0.2) is 81.0 Å². The van der Waals surface area contributed by atoms with Crippen LogP contribution in [0.2, 0.25) is 5.02 Å². The molecule has 0 spiro atoms. The lowest BCUT2D eigenvalue weighted by molar-refractivity contribution is -0.140. The van der Waals surface area contributed by atoms with Gasteiger partial charge < -0.3 is 19.7 Å². The van der Waals surface area contributed by atoms with E-state index >= 15 is 0 Å². The molecule has 0 saturated carbocycles. The van der Waals surface area contributed by atoms with Gasteiger partial charge >= 0.3 is 6.03 Å². The van der Waals surface area contributed by atoms with Gasteiger partial charge in [0.1, 0.15) is 6.04 Å². The van der Waals surface area contributed by atoms with Crippen molar-refractivity contribution < 1.29 is 9.59 Å². The summed E-state index contributed by atoms with van der Waals surface area (Å²) in [6, 6.07) is 11.5. The molecule has 10 heteroatoms. The van der Waals surface area contributed by atoms with Gasteiger partial charge in [-0.1, -0.05) is 17.7 Å². The molecule has 0 unspecified atom stereocenters. The molecule has 228 valence electrons. The highest BCUT2D eigenvalue weighted by Crippen LogP contribution is 2.39. The molecular weight excluding hydrogens is 628 g/mol. The first kappa shape index (κ1) is 30.2. The standard InChI is InChI=1S/C33H40BrClN6O2/c1-22(2)37-33(43)41-15-14-39(21-29(41)32(42)40-13-5-6-23(20-40)19-38-11-3-4-12-38)31-28-10-9-27(35)17-24(28)7-8-25-16-26(34)18-36-30(25)31/h3-4,9-12,16-18,22-23,29,31H,5-8,13-15,19-21H2,1-2H3,(H,37,43)/t23-,29+,31+/m0/s1. The summed E-state index contributed by atoms with van der Waals surface area (Å²) < 4.78 is 3.15. The van der Waals surface area contributed by atoms with E-state index in [0.717, 1.165) is 54.0 Å². The molecule has 3 amide bonds. The van der Waals surface area contributed by atoms with Crippen molar-refractivity contribution in [2.24, 2.45) is 5.92 Å². The lowest BCUT2D eigenvalue weighted by atomic mass is 9.94. The Morgan fingerprint density at radius 3 is 2.65 bits per heavy atom. The number of fused-ring (bicyclic) bond motifs is 2. The van der Waals surface area contributed by atoms with Crippen molar-refractivity contribution in [2.45, 2.75) is 64.2 Å². The first-order chi connectivity index (χ1) is 20.8. The molecule has 8 nitrogen and oxygen atoms in total. The van der Waals surface area contributed by atoms with Crippen molar-refractivity contribution in [1.29, 1.82) is 0 Å². The van der Waals surface area contributed by atoms with Gasteiger partial charge in [0.25, 0.3) is 0 Å². The molecule has 1 N–H and O–H groups in total. The van der Waals surface area contributed by atoms with Crippen molar-refractivity contribution >= 4 is 39.5 Å². The van der Waals surface area contributed by atoms with Gasteiger partial charge in [-0.15, -0.1) is 0 Å². The molecule has 3 aromatic rings. The minimum absolute atomic E-state index is 0.0183. The average Bonchev–Trinajstić information content (AvgIpc) is 3.44. The van der Waals surface area contributed by atoms with Crippen LogP contribution in [0.1, 0.15) is 55.1 Å². The number of pyridine rings is 1. The van der Waals surface area contributed by atoms with Crippen molar-refractivity contribution in [3.63, 3.8) is 0 Å². The molecule has 2 saturated heterocycles. The first-order valence-corrected chi connectivity index (χ1v) is 16.6. The number of amides is 3. The van der Waals surface area contributed by atoms with E-state index in [1.54, 1.807) is 4.90 Å². The summed E-state index contributed by atoms with van der Waals surface area (Å²) in [6.07, 6.45) is 9.82. The molecule has 2 aliphatic heterocycles. The molecule has 4 heterocycles. The minimum Gasteiger partial charge on any atom is -0.354 e. The number of aromatic nitrogens is 2. The highest BCUT2D eigenvalue weighted by atomic mass is 79.9. The number of carbonyl (C=O) groups is 2. The summed E-state index contributed by atoms with van der Waals surface area (Å²) in [6.45, 7) is 7.76. The van der Waals surface area contributed by atoms with E-state index in [-0.39, 0.29) is 24.0 Å².